The van der Waals surface area contributed by atoms with Crippen LogP contribution in [0.3, 0.4) is 0 Å². The minimum absolute atomic E-state index is 0.353. The molecule has 0 nitrogen and oxygen atoms in total. The van der Waals surface area contributed by atoms with E-state index in [-0.39, 0.29) is 0 Å². The molecule has 0 spiro atoms. The van der Waals surface area contributed by atoms with Crippen LogP contribution in [0.15, 0.2) is 66.7 Å². The van der Waals surface area contributed by atoms with Crippen LogP contribution in [0, 0.1) is 6.92 Å². The molecule has 0 bridgehead atoms. The number of rotatable bonds is 3. The van der Waals surface area contributed by atoms with Crippen LogP contribution in [0.25, 0.3) is 32.7 Å². The first-order valence-electron chi connectivity index (χ1n) is 9.35. The summed E-state index contributed by atoms with van der Waals surface area (Å²) in [5, 5.41) is 5.06. The van der Waals surface area contributed by atoms with Crippen molar-refractivity contribution < 1.29 is 13.5 Å². The third kappa shape index (κ3) is 3.57. The van der Waals surface area contributed by atoms with Gasteiger partial charge in [-0.2, -0.15) is 0 Å². The van der Waals surface area contributed by atoms with E-state index in [0.717, 1.165) is 0 Å². The van der Waals surface area contributed by atoms with Crippen LogP contribution in [0.2, 0.25) is 0 Å². The first-order chi connectivity index (χ1) is 13.5. The van der Waals surface area contributed by atoms with Crippen molar-refractivity contribution >= 4 is 45.5 Å². The molecular weight excluding hydrogens is 472 g/mol. The monoisotopic (exact) mass is 494 g/mol. The Morgan fingerprint density at radius 2 is 1.39 bits per heavy atom. The minimum atomic E-state index is -1.95. The summed E-state index contributed by atoms with van der Waals surface area (Å²) in [6.45, 7) is 6.72. The van der Waals surface area contributed by atoms with E-state index in [1.54, 1.807) is 0 Å². The summed E-state index contributed by atoms with van der Waals surface area (Å²) in [6.07, 6.45) is 0. The van der Waals surface area contributed by atoms with Gasteiger partial charge in [-0.3, -0.25) is 0 Å². The van der Waals surface area contributed by atoms with Gasteiger partial charge in [0.1, 0.15) is 0 Å². The number of aryl methyl sites for hydroxylation is 1. The van der Waals surface area contributed by atoms with E-state index in [9.17, 15) is 0 Å². The van der Waals surface area contributed by atoms with Gasteiger partial charge in [0.2, 0.25) is 0 Å². The molecule has 0 amide bonds. The van der Waals surface area contributed by atoms with Gasteiger partial charge < -0.3 is 0 Å². The van der Waals surface area contributed by atoms with E-state index in [1.165, 1.54) is 49.4 Å². The van der Waals surface area contributed by atoms with E-state index >= 15 is 0 Å². The SMILES string of the molecule is Cc1ccc2ccccc2c1-c1c(C(C)C)c([CH]=[Ru]([Cl])[Cl])cc2ccccc12. The third-order valence-corrected chi connectivity index (χ3v) is 7.11. The Labute approximate surface area is 179 Å². The average molecular weight is 494 g/mol. The number of fused-ring (bicyclic) bond motifs is 2. The summed E-state index contributed by atoms with van der Waals surface area (Å²) in [7, 11) is 12.6. The fourth-order valence-corrected chi connectivity index (χ4v) is 5.96. The van der Waals surface area contributed by atoms with E-state index in [2.05, 4.69) is 92.1 Å². The molecule has 28 heavy (non-hydrogen) atoms. The Bertz CT molecular complexity index is 1220. The first kappa shape index (κ1) is 19.8. The zero-order chi connectivity index (χ0) is 19.8. The fraction of sp³-hybridized carbons (Fsp3) is 0.160. The average Bonchev–Trinajstić information content (AvgIpc) is 2.66. The van der Waals surface area contributed by atoms with Gasteiger partial charge in [0.05, 0.1) is 0 Å². The Morgan fingerprint density at radius 1 is 0.786 bits per heavy atom. The van der Waals surface area contributed by atoms with Crippen molar-refractivity contribution in [3.63, 3.8) is 0 Å². The molecule has 0 N–H and O–H groups in total. The van der Waals surface area contributed by atoms with Crippen LogP contribution in [0.4, 0.5) is 0 Å². The molecule has 3 heteroatoms. The summed E-state index contributed by atoms with van der Waals surface area (Å²) < 4.78 is 2.10. The maximum atomic E-state index is 6.32. The molecule has 4 aromatic rings. The maximum absolute atomic E-state index is 6.32. The Balaban J connectivity index is 2.26. The quantitative estimate of drug-likeness (QED) is 0.252. The molecule has 0 atom stereocenters. The van der Waals surface area contributed by atoms with Gasteiger partial charge in [-0.15, -0.1) is 0 Å². The van der Waals surface area contributed by atoms with Crippen molar-refractivity contribution in [2.75, 3.05) is 0 Å². The Kier molecular flexibility index (Phi) is 5.70. The van der Waals surface area contributed by atoms with Crippen LogP contribution in [0.1, 0.15) is 36.5 Å². The van der Waals surface area contributed by atoms with E-state index in [1.807, 2.05) is 0 Å². The van der Waals surface area contributed by atoms with Crippen molar-refractivity contribution in [1.29, 1.82) is 0 Å². The summed E-state index contributed by atoms with van der Waals surface area (Å²) in [6, 6.07) is 24.0. The predicted octanol–water partition coefficient (Wildman–Crippen LogP) is 8.17. The molecule has 0 aromatic heterocycles. The van der Waals surface area contributed by atoms with Crippen molar-refractivity contribution in [2.24, 2.45) is 0 Å². The van der Waals surface area contributed by atoms with Crippen LogP contribution >= 0.6 is 19.4 Å². The van der Waals surface area contributed by atoms with Crippen LogP contribution < -0.4 is 0 Å². The van der Waals surface area contributed by atoms with Crippen LogP contribution in [-0.2, 0) is 13.5 Å². The molecule has 144 valence electrons. The molecule has 0 heterocycles. The van der Waals surface area contributed by atoms with Crippen molar-refractivity contribution in [2.45, 2.75) is 26.7 Å². The number of hydrogen-bond donors (Lipinski definition) is 0. The Hall–Kier alpha value is -1.53. The van der Waals surface area contributed by atoms with Gasteiger partial charge in [0, 0.05) is 0 Å². The summed E-state index contributed by atoms with van der Waals surface area (Å²) in [5.74, 6) is 0.353. The third-order valence-electron chi connectivity index (χ3n) is 5.27. The zero-order valence-corrected chi connectivity index (χ0v) is 19.4. The summed E-state index contributed by atoms with van der Waals surface area (Å²) in [4.78, 5) is 0. The molecule has 4 aromatic carbocycles. The molecule has 0 saturated heterocycles. The van der Waals surface area contributed by atoms with Crippen LogP contribution in [-0.4, -0.2) is 4.61 Å². The van der Waals surface area contributed by atoms with Gasteiger partial charge in [0.15, 0.2) is 0 Å². The molecule has 0 aliphatic heterocycles. The predicted molar refractivity (Wildman–Crippen MR) is 123 cm³/mol. The van der Waals surface area contributed by atoms with E-state index in [4.69, 9.17) is 19.4 Å². The Morgan fingerprint density at radius 3 is 2.04 bits per heavy atom. The zero-order valence-electron chi connectivity index (χ0n) is 16.1. The number of benzene rings is 4. The second-order valence-electron chi connectivity index (χ2n) is 7.42. The number of halogens is 2. The van der Waals surface area contributed by atoms with Crippen molar-refractivity contribution in [3.8, 4) is 11.1 Å². The molecule has 0 unspecified atom stereocenters. The summed E-state index contributed by atoms with van der Waals surface area (Å²) >= 11 is -1.95. The molecule has 0 radical (unpaired) electrons. The van der Waals surface area contributed by atoms with Crippen molar-refractivity contribution in [3.05, 3.63) is 83.4 Å². The van der Waals surface area contributed by atoms with Gasteiger partial charge in [-0.1, -0.05) is 0 Å². The van der Waals surface area contributed by atoms with Gasteiger partial charge in [-0.05, 0) is 0 Å². The molecule has 0 saturated carbocycles. The topological polar surface area (TPSA) is 0 Å². The van der Waals surface area contributed by atoms with Gasteiger partial charge in [0.25, 0.3) is 0 Å². The van der Waals surface area contributed by atoms with E-state index in [0.29, 0.717) is 5.92 Å². The first-order valence-corrected chi connectivity index (χ1v) is 14.8. The fourth-order valence-electron chi connectivity index (χ4n) is 4.16. The van der Waals surface area contributed by atoms with Gasteiger partial charge in [-0.25, -0.2) is 0 Å². The second-order valence-corrected chi connectivity index (χ2v) is 13.1. The van der Waals surface area contributed by atoms with Gasteiger partial charge >= 0.3 is 180 Å². The second kappa shape index (κ2) is 8.07. The number of hydrogen-bond acceptors (Lipinski definition) is 0. The summed E-state index contributed by atoms with van der Waals surface area (Å²) in [5.41, 5.74) is 6.43. The standard InChI is InChI=1S/C25H22.2ClH.Ru/c1-16(2)23-18(4)15-20-10-6-8-12-22(20)25(23)24-17(3)13-14-19-9-5-7-11-21(19)24;;;/h4-16H,1-3H3;2*1H;/q;;;+2/p-2. The molecule has 0 fully saturated rings. The van der Waals surface area contributed by atoms with Crippen LogP contribution in [0.5, 0.6) is 0 Å². The molecule has 4 rings (SSSR count). The van der Waals surface area contributed by atoms with E-state index < -0.39 is 13.5 Å². The normalized spacial score (nSPS) is 12.0. The molecule has 0 aliphatic carbocycles. The molecule has 0 aliphatic rings. The van der Waals surface area contributed by atoms with Crippen molar-refractivity contribution in [1.82, 2.24) is 0 Å². The molecular formula is C25H22Cl2Ru.